The fraction of sp³-hybridized carbons (Fsp3) is 1.00. The minimum atomic E-state index is -0.241. The highest BCUT2D eigenvalue weighted by Crippen LogP contribution is 2.48. The van der Waals surface area contributed by atoms with Crippen molar-refractivity contribution >= 4 is 0 Å². The molecule has 3 nitrogen and oxygen atoms in total. The molecule has 0 N–H and O–H groups in total. The number of hydrogen-bond donors (Lipinski definition) is 0. The molecular weight excluding hydrogens is 190 g/mol. The third-order valence-corrected chi connectivity index (χ3v) is 4.68. The molecule has 0 aromatic heterocycles. The maximum Gasteiger partial charge on any atom is 0.184 e. The van der Waals surface area contributed by atoms with Gasteiger partial charge in [-0.25, -0.2) is 0 Å². The van der Waals surface area contributed by atoms with E-state index in [1.54, 1.807) is 0 Å². The van der Waals surface area contributed by atoms with E-state index in [9.17, 15) is 0 Å². The number of ether oxygens (including phenoxy) is 2. The van der Waals surface area contributed by atoms with Crippen LogP contribution in [-0.2, 0) is 9.47 Å². The van der Waals surface area contributed by atoms with Crippen LogP contribution < -0.4 is 0 Å². The molecule has 1 spiro atoms. The molecule has 86 valence electrons. The number of hydrogen-bond acceptors (Lipinski definition) is 3. The van der Waals surface area contributed by atoms with E-state index in [2.05, 4.69) is 18.9 Å². The molecule has 0 aliphatic carbocycles. The molecule has 0 saturated carbocycles. The quantitative estimate of drug-likeness (QED) is 0.658. The SMILES string of the molecule is CC[C@@H]1C[C@H]2N(C)[C@@H]1CCC21OCCO1. The first-order chi connectivity index (χ1) is 7.27. The monoisotopic (exact) mass is 211 g/mol. The van der Waals surface area contributed by atoms with E-state index in [0.717, 1.165) is 31.6 Å². The van der Waals surface area contributed by atoms with Gasteiger partial charge in [0.15, 0.2) is 5.79 Å². The fourth-order valence-electron chi connectivity index (χ4n) is 3.86. The Balaban J connectivity index is 1.86. The zero-order valence-electron chi connectivity index (χ0n) is 9.74. The Morgan fingerprint density at radius 1 is 1.33 bits per heavy atom. The molecule has 3 atom stereocenters. The van der Waals surface area contributed by atoms with Gasteiger partial charge >= 0.3 is 0 Å². The van der Waals surface area contributed by atoms with Gasteiger partial charge in [0, 0.05) is 12.5 Å². The second kappa shape index (κ2) is 3.44. The van der Waals surface area contributed by atoms with Crippen LogP contribution in [0.4, 0.5) is 0 Å². The molecule has 0 aromatic rings. The van der Waals surface area contributed by atoms with Crippen molar-refractivity contribution in [3.8, 4) is 0 Å². The lowest BCUT2D eigenvalue weighted by Gasteiger charge is -2.43. The number of piperidine rings is 1. The zero-order chi connectivity index (χ0) is 10.5. The predicted octanol–water partition coefficient (Wildman–Crippen LogP) is 1.62. The lowest BCUT2D eigenvalue weighted by Crippen LogP contribution is -2.55. The van der Waals surface area contributed by atoms with E-state index in [-0.39, 0.29) is 5.79 Å². The summed E-state index contributed by atoms with van der Waals surface area (Å²) in [5.41, 5.74) is 0. The highest BCUT2D eigenvalue weighted by molar-refractivity contribution is 5.04. The summed E-state index contributed by atoms with van der Waals surface area (Å²) in [4.78, 5) is 2.52. The molecule has 3 fully saturated rings. The largest absolute Gasteiger partial charge is 0.346 e. The first-order valence-electron chi connectivity index (χ1n) is 6.26. The Kier molecular flexibility index (Phi) is 2.31. The highest BCUT2D eigenvalue weighted by atomic mass is 16.7. The number of rotatable bonds is 1. The van der Waals surface area contributed by atoms with Gasteiger partial charge in [-0.3, -0.25) is 4.90 Å². The van der Waals surface area contributed by atoms with Crippen LogP contribution in [0.2, 0.25) is 0 Å². The van der Waals surface area contributed by atoms with Crippen LogP contribution >= 0.6 is 0 Å². The van der Waals surface area contributed by atoms with Crippen molar-refractivity contribution in [2.75, 3.05) is 20.3 Å². The average molecular weight is 211 g/mol. The summed E-state index contributed by atoms with van der Waals surface area (Å²) in [6.45, 7) is 3.87. The maximum atomic E-state index is 5.91. The van der Waals surface area contributed by atoms with Crippen molar-refractivity contribution in [1.29, 1.82) is 0 Å². The normalized spacial score (nSPS) is 44.0. The van der Waals surface area contributed by atoms with Gasteiger partial charge in [0.25, 0.3) is 0 Å². The van der Waals surface area contributed by atoms with E-state index in [1.165, 1.54) is 19.3 Å². The van der Waals surface area contributed by atoms with Crippen molar-refractivity contribution in [3.05, 3.63) is 0 Å². The average Bonchev–Trinajstić information content (AvgIpc) is 2.75. The highest BCUT2D eigenvalue weighted by Gasteiger charge is 2.56. The molecule has 3 heterocycles. The fourth-order valence-corrected chi connectivity index (χ4v) is 3.86. The Hall–Kier alpha value is -0.120. The van der Waals surface area contributed by atoms with E-state index in [1.807, 2.05) is 0 Å². The molecule has 15 heavy (non-hydrogen) atoms. The van der Waals surface area contributed by atoms with E-state index >= 15 is 0 Å². The van der Waals surface area contributed by atoms with Crippen molar-refractivity contribution in [3.63, 3.8) is 0 Å². The molecule has 0 unspecified atom stereocenters. The van der Waals surface area contributed by atoms with E-state index < -0.39 is 0 Å². The third kappa shape index (κ3) is 1.30. The molecular formula is C12H21NO2. The molecule has 3 aliphatic rings. The van der Waals surface area contributed by atoms with Gasteiger partial charge in [0.2, 0.25) is 0 Å². The van der Waals surface area contributed by atoms with Crippen LogP contribution in [0, 0.1) is 5.92 Å². The predicted molar refractivity (Wildman–Crippen MR) is 57.6 cm³/mol. The zero-order valence-corrected chi connectivity index (χ0v) is 9.74. The molecule has 3 rings (SSSR count). The Morgan fingerprint density at radius 3 is 2.73 bits per heavy atom. The van der Waals surface area contributed by atoms with Gasteiger partial charge in [-0.2, -0.15) is 0 Å². The molecule has 0 radical (unpaired) electrons. The van der Waals surface area contributed by atoms with Crippen LogP contribution in [0.3, 0.4) is 0 Å². The van der Waals surface area contributed by atoms with Crippen LogP contribution in [-0.4, -0.2) is 43.0 Å². The summed E-state index contributed by atoms with van der Waals surface area (Å²) >= 11 is 0. The van der Waals surface area contributed by atoms with Crippen LogP contribution in [0.15, 0.2) is 0 Å². The topological polar surface area (TPSA) is 21.7 Å². The van der Waals surface area contributed by atoms with E-state index in [4.69, 9.17) is 9.47 Å². The standard InChI is InChI=1S/C12H21NO2/c1-3-9-8-11-12(14-6-7-15-12)5-4-10(9)13(11)2/h9-11H,3-8H2,1-2H3/t9-,10-,11-/m1/s1. The van der Waals surface area contributed by atoms with Gasteiger partial charge in [0.1, 0.15) is 0 Å². The van der Waals surface area contributed by atoms with Gasteiger partial charge in [0.05, 0.1) is 19.3 Å². The van der Waals surface area contributed by atoms with Gasteiger partial charge in [-0.15, -0.1) is 0 Å². The van der Waals surface area contributed by atoms with Crippen molar-refractivity contribution in [1.82, 2.24) is 4.90 Å². The minimum absolute atomic E-state index is 0.241. The van der Waals surface area contributed by atoms with Gasteiger partial charge in [-0.05, 0) is 25.8 Å². The molecule has 0 aromatic carbocycles. The second-order valence-corrected chi connectivity index (χ2v) is 5.20. The summed E-state index contributed by atoms with van der Waals surface area (Å²) in [5, 5.41) is 0. The molecule has 3 aliphatic heterocycles. The van der Waals surface area contributed by atoms with Gasteiger partial charge in [-0.1, -0.05) is 13.3 Å². The van der Waals surface area contributed by atoms with Gasteiger partial charge < -0.3 is 9.47 Å². The number of fused-ring (bicyclic) bond motifs is 3. The Bertz CT molecular complexity index is 250. The second-order valence-electron chi connectivity index (χ2n) is 5.20. The third-order valence-electron chi connectivity index (χ3n) is 4.68. The lowest BCUT2D eigenvalue weighted by molar-refractivity contribution is -0.215. The molecule has 0 amide bonds. The summed E-state index contributed by atoms with van der Waals surface area (Å²) in [6.07, 6.45) is 4.90. The lowest BCUT2D eigenvalue weighted by atomic mass is 9.94. The Morgan fingerprint density at radius 2 is 2.07 bits per heavy atom. The summed E-state index contributed by atoms with van der Waals surface area (Å²) < 4.78 is 11.8. The van der Waals surface area contributed by atoms with E-state index in [0.29, 0.717) is 6.04 Å². The maximum absolute atomic E-state index is 5.91. The molecule has 2 bridgehead atoms. The first kappa shape index (κ1) is 10.1. The summed E-state index contributed by atoms with van der Waals surface area (Å²) in [5.74, 6) is 0.613. The Labute approximate surface area is 91.7 Å². The molecule has 3 saturated heterocycles. The van der Waals surface area contributed by atoms with Crippen molar-refractivity contribution in [2.45, 2.75) is 50.5 Å². The number of likely N-dealkylation sites (N-methyl/N-ethyl adjacent to an activating group) is 1. The minimum Gasteiger partial charge on any atom is -0.346 e. The number of nitrogens with zero attached hydrogens (tertiary/aromatic N) is 1. The first-order valence-corrected chi connectivity index (χ1v) is 6.26. The van der Waals surface area contributed by atoms with Crippen LogP contribution in [0.25, 0.3) is 0 Å². The van der Waals surface area contributed by atoms with Crippen molar-refractivity contribution in [2.24, 2.45) is 5.92 Å². The van der Waals surface area contributed by atoms with Crippen LogP contribution in [0.1, 0.15) is 32.6 Å². The van der Waals surface area contributed by atoms with Crippen LogP contribution in [0.5, 0.6) is 0 Å². The summed E-state index contributed by atoms with van der Waals surface area (Å²) in [7, 11) is 2.25. The molecule has 3 heteroatoms. The van der Waals surface area contributed by atoms with Crippen molar-refractivity contribution < 1.29 is 9.47 Å². The summed E-state index contributed by atoms with van der Waals surface area (Å²) in [6, 6.07) is 1.28. The smallest absolute Gasteiger partial charge is 0.184 e.